The lowest BCUT2D eigenvalue weighted by molar-refractivity contribution is -0.435. The van der Waals surface area contributed by atoms with Gasteiger partial charge in [-0.1, -0.05) is 5.92 Å². The minimum absolute atomic E-state index is 0.0126. The maximum atomic E-state index is 13.5. The number of carbonyl (C=O) groups is 1. The molecule has 0 radical (unpaired) electrons. The molecular weight excluding hydrogens is 524 g/mol. The van der Waals surface area contributed by atoms with Crippen molar-refractivity contribution in [3.05, 3.63) is 53.3 Å². The highest BCUT2D eigenvalue weighted by molar-refractivity contribution is 8.26. The average molecular weight is 551 g/mol. The Bertz CT molecular complexity index is 1460. The molecule has 0 aliphatic heterocycles. The Balaban J connectivity index is 1.94. The maximum Gasteiger partial charge on any atom is 0.280 e. The van der Waals surface area contributed by atoms with Crippen LogP contribution in [-0.4, -0.2) is 46.0 Å². The molecule has 9 nitrogen and oxygen atoms in total. The van der Waals surface area contributed by atoms with Crippen molar-refractivity contribution in [3.63, 3.8) is 0 Å². The van der Waals surface area contributed by atoms with Crippen molar-refractivity contribution >= 4 is 34.1 Å². The van der Waals surface area contributed by atoms with E-state index in [0.29, 0.717) is 17.7 Å². The zero-order chi connectivity index (χ0) is 28.4. The summed E-state index contributed by atoms with van der Waals surface area (Å²) in [5.41, 5.74) is 6.37. The smallest absolute Gasteiger partial charge is 0.280 e. The van der Waals surface area contributed by atoms with E-state index in [9.17, 15) is 13.6 Å². The van der Waals surface area contributed by atoms with Crippen molar-refractivity contribution in [1.29, 1.82) is 10.8 Å². The summed E-state index contributed by atoms with van der Waals surface area (Å²) >= 11 is 0.693. The van der Waals surface area contributed by atoms with Crippen molar-refractivity contribution in [2.24, 2.45) is 11.7 Å². The molecule has 6 N–H and O–H groups in total. The first-order valence-corrected chi connectivity index (χ1v) is 12.5. The highest BCUT2D eigenvalue weighted by Crippen LogP contribution is 2.34. The molecule has 0 unspecified atom stereocenters. The molecule has 0 atom stereocenters. The van der Waals surface area contributed by atoms with E-state index in [2.05, 4.69) is 44.0 Å². The molecule has 0 spiro atoms. The van der Waals surface area contributed by atoms with Crippen molar-refractivity contribution in [1.82, 2.24) is 15.3 Å². The van der Waals surface area contributed by atoms with Gasteiger partial charge in [-0.2, -0.15) is 0 Å². The second kappa shape index (κ2) is 13.8. The maximum absolute atomic E-state index is 13.5. The number of hydrogen-bond acceptors (Lipinski definition) is 8. The van der Waals surface area contributed by atoms with Gasteiger partial charge in [0, 0.05) is 35.0 Å². The number of nitrogens with zero attached hydrogens (tertiary/aromatic N) is 2. The highest BCUT2D eigenvalue weighted by atomic mass is 32.2. The lowest BCUT2D eigenvalue weighted by atomic mass is 9.99. The van der Waals surface area contributed by atoms with Crippen LogP contribution in [0.25, 0.3) is 11.1 Å². The number of amides is 1. The quantitative estimate of drug-likeness (QED) is 0.211. The monoisotopic (exact) mass is 550 g/mol. The molecule has 2 aromatic heterocycles. The Morgan fingerprint density at radius 1 is 1.31 bits per heavy atom. The third kappa shape index (κ3) is 8.76. The van der Waals surface area contributed by atoms with Gasteiger partial charge in [0.25, 0.3) is 12.3 Å². The molecule has 0 aromatic carbocycles. The SMILES string of the molecule is COc1cnc(C(F)F)cc1-c1cc(C#CC[NH+]=C/C(C)=C\N)ncc1C(=O)NC(=N)SC(=N)C#CC1CC1. The lowest BCUT2D eigenvalue weighted by Gasteiger charge is -2.14. The number of allylic oxidation sites excluding steroid dienone is 1. The van der Waals surface area contributed by atoms with Gasteiger partial charge in [-0.3, -0.25) is 20.6 Å². The zero-order valence-corrected chi connectivity index (χ0v) is 22.0. The van der Waals surface area contributed by atoms with Gasteiger partial charge >= 0.3 is 0 Å². The fourth-order valence-corrected chi connectivity index (χ4v) is 3.50. The topological polar surface area (TPSA) is 152 Å². The fraction of sp³-hybridized carbons (Fsp3) is 0.259. The van der Waals surface area contributed by atoms with Crippen LogP contribution >= 0.6 is 11.8 Å². The molecule has 1 aliphatic carbocycles. The second-order valence-corrected chi connectivity index (χ2v) is 9.24. The van der Waals surface area contributed by atoms with Crippen LogP contribution in [0, 0.1) is 40.4 Å². The number of rotatable bonds is 6. The van der Waals surface area contributed by atoms with E-state index in [4.69, 9.17) is 21.3 Å². The van der Waals surface area contributed by atoms with Crippen LogP contribution in [0.4, 0.5) is 8.78 Å². The molecule has 200 valence electrons. The number of amidine groups is 1. The van der Waals surface area contributed by atoms with E-state index in [-0.39, 0.29) is 44.9 Å². The van der Waals surface area contributed by atoms with E-state index in [1.165, 1.54) is 25.6 Å². The minimum atomic E-state index is -2.85. The van der Waals surface area contributed by atoms with E-state index < -0.39 is 18.0 Å². The molecule has 1 saturated carbocycles. The van der Waals surface area contributed by atoms with Crippen LogP contribution in [0.15, 0.2) is 36.3 Å². The van der Waals surface area contributed by atoms with Crippen LogP contribution in [0.5, 0.6) is 5.75 Å². The standard InChI is InChI=1S/C27H25F2N7O2S/c1-16(12-30)13-33-9-3-4-18-10-19(20-11-22(25(28)29)35-15-23(20)38-2)21(14-34-18)26(37)36-27(32)39-24(31)8-7-17-5-6-17/h10-15,17,25,31H,5-6,9,30H2,1-2H3,(H2,32,36,37)/p+1/b16-12-,31-24?,33-13?. The summed E-state index contributed by atoms with van der Waals surface area (Å²) in [6, 6.07) is 2.61. The molecule has 2 aromatic rings. The van der Waals surface area contributed by atoms with Gasteiger partial charge in [0.05, 0.1) is 18.9 Å². The molecule has 3 rings (SSSR count). The Hall–Kier alpha value is -4.55. The second-order valence-electron chi connectivity index (χ2n) is 8.22. The summed E-state index contributed by atoms with van der Waals surface area (Å²) in [5.74, 6) is 11.1. The summed E-state index contributed by atoms with van der Waals surface area (Å²) in [7, 11) is 1.35. The number of ether oxygens (including phenoxy) is 1. The van der Waals surface area contributed by atoms with E-state index in [0.717, 1.165) is 30.7 Å². The minimum Gasteiger partial charge on any atom is -0.494 e. The van der Waals surface area contributed by atoms with Gasteiger partial charge in [-0.25, -0.2) is 18.8 Å². The number of thioether (sulfide) groups is 1. The van der Waals surface area contributed by atoms with Gasteiger partial charge in [-0.15, -0.1) is 0 Å². The molecule has 39 heavy (non-hydrogen) atoms. The van der Waals surface area contributed by atoms with Crippen molar-refractivity contribution in [3.8, 4) is 40.6 Å². The summed E-state index contributed by atoms with van der Waals surface area (Å²) < 4.78 is 32.3. The van der Waals surface area contributed by atoms with Gasteiger partial charge < -0.3 is 15.8 Å². The number of hydrogen-bond donors (Lipinski definition) is 5. The molecule has 12 heteroatoms. The largest absolute Gasteiger partial charge is 0.494 e. The molecule has 1 fully saturated rings. The van der Waals surface area contributed by atoms with Gasteiger partial charge in [-0.05, 0) is 61.4 Å². The van der Waals surface area contributed by atoms with E-state index in [1.807, 2.05) is 6.92 Å². The number of alkyl halides is 2. The Kier molecular flexibility index (Phi) is 10.3. The van der Waals surface area contributed by atoms with Crippen molar-refractivity contribution in [2.45, 2.75) is 26.2 Å². The number of nitrogens with two attached hydrogens (primary N) is 1. The number of halogens is 2. The predicted molar refractivity (Wildman–Crippen MR) is 147 cm³/mol. The molecule has 2 heterocycles. The predicted octanol–water partition coefficient (Wildman–Crippen LogP) is 2.24. The molecule has 0 bridgehead atoms. The number of carbonyl (C=O) groups excluding carboxylic acids is 1. The summed E-state index contributed by atoms with van der Waals surface area (Å²) in [5, 5.41) is 18.0. The Labute approximate surface area is 228 Å². The van der Waals surface area contributed by atoms with Gasteiger partial charge in [0.2, 0.25) is 6.54 Å². The fourth-order valence-electron chi connectivity index (χ4n) is 3.04. The molecular formula is C27H26F2N7O2S+. The zero-order valence-electron chi connectivity index (χ0n) is 21.2. The Morgan fingerprint density at radius 3 is 2.74 bits per heavy atom. The molecule has 1 amide bonds. The lowest BCUT2D eigenvalue weighted by Crippen LogP contribution is -2.68. The average Bonchev–Trinajstić information content (AvgIpc) is 3.75. The van der Waals surface area contributed by atoms with Crippen LogP contribution in [-0.2, 0) is 0 Å². The summed E-state index contributed by atoms with van der Waals surface area (Å²) in [4.78, 5) is 24.1. The number of nitrogens with one attached hydrogen (secondary N) is 4. The third-order valence-corrected chi connectivity index (χ3v) is 5.78. The number of methoxy groups -OCH3 is 1. The first-order chi connectivity index (χ1) is 18.7. The van der Waals surface area contributed by atoms with Crippen LogP contribution in [0.3, 0.4) is 0 Å². The normalized spacial score (nSPS) is 12.8. The third-order valence-electron chi connectivity index (χ3n) is 5.17. The highest BCUT2D eigenvalue weighted by Gasteiger charge is 2.22. The molecule has 0 saturated heterocycles. The van der Waals surface area contributed by atoms with Crippen molar-refractivity contribution < 1.29 is 23.3 Å². The van der Waals surface area contributed by atoms with Crippen LogP contribution in [0.2, 0.25) is 0 Å². The number of pyridine rings is 2. The van der Waals surface area contributed by atoms with E-state index in [1.54, 1.807) is 6.21 Å². The van der Waals surface area contributed by atoms with Crippen LogP contribution in [0.1, 0.15) is 47.9 Å². The van der Waals surface area contributed by atoms with E-state index >= 15 is 0 Å². The van der Waals surface area contributed by atoms with Crippen molar-refractivity contribution in [2.75, 3.05) is 13.7 Å². The van der Waals surface area contributed by atoms with Crippen LogP contribution < -0.4 is 20.8 Å². The first kappa shape index (κ1) is 29.0. The Morgan fingerprint density at radius 2 is 2.08 bits per heavy atom. The summed E-state index contributed by atoms with van der Waals surface area (Å²) in [6.07, 6.45) is 4.68. The number of aromatic nitrogens is 2. The summed E-state index contributed by atoms with van der Waals surface area (Å²) in [6.45, 7) is 2.10. The molecule has 1 aliphatic rings. The van der Waals surface area contributed by atoms with Gasteiger partial charge in [0.1, 0.15) is 22.2 Å². The van der Waals surface area contributed by atoms with Gasteiger partial charge in [0.15, 0.2) is 11.4 Å². The first-order valence-electron chi connectivity index (χ1n) is 11.7.